The minimum absolute atomic E-state index is 0.00734. The van der Waals surface area contributed by atoms with Crippen LogP contribution >= 0.6 is 44.0 Å². The van der Waals surface area contributed by atoms with Crippen LogP contribution in [0.1, 0.15) is 78.2 Å². The Hall–Kier alpha value is -3.70. The van der Waals surface area contributed by atoms with E-state index in [2.05, 4.69) is 52.9 Å². The number of H-pyrrole nitrogens is 2. The second-order valence-electron chi connectivity index (χ2n) is 15.8. The van der Waals surface area contributed by atoms with E-state index in [0.717, 1.165) is 68.6 Å². The number of carbonyl (C=O) groups is 3. The van der Waals surface area contributed by atoms with Crippen molar-refractivity contribution in [2.24, 2.45) is 31.8 Å². The second kappa shape index (κ2) is 11.2. The molecule has 0 aromatic carbocycles. The van der Waals surface area contributed by atoms with Gasteiger partial charge in [-0.1, -0.05) is 67.8 Å². The molecule has 3 fully saturated rings. The van der Waals surface area contributed by atoms with E-state index in [1.54, 1.807) is 0 Å². The van der Waals surface area contributed by atoms with Gasteiger partial charge in [-0.25, -0.2) is 20.0 Å². The van der Waals surface area contributed by atoms with Gasteiger partial charge in [0.15, 0.2) is 11.0 Å². The van der Waals surface area contributed by atoms with E-state index in [9.17, 15) is 19.5 Å². The number of hydrogen-bond donors (Lipinski definition) is 5. The second-order valence-corrected chi connectivity index (χ2v) is 24.3. The fraction of sp³-hybridized carbons (Fsp3) is 0.421. The van der Waals surface area contributed by atoms with E-state index in [4.69, 9.17) is 20.0 Å². The van der Waals surface area contributed by atoms with Gasteiger partial charge in [0.1, 0.15) is 45.7 Å². The molecule has 12 nitrogen and oxygen atoms in total. The van der Waals surface area contributed by atoms with Gasteiger partial charge in [-0.15, -0.1) is 11.8 Å². The quantitative estimate of drug-likeness (QED) is 0.0893. The third-order valence-corrected chi connectivity index (χ3v) is 22.2. The molecule has 16 heteroatoms. The zero-order chi connectivity index (χ0) is 37.0. The number of aldehydes is 1. The molecule has 9 aliphatic rings. The Balaban J connectivity index is 1.16. The standard InChI is InChI=1S/C38H38N8O4S4/c1-14-5-8-20(51-13-48)25-23(14)31-42-32(25)45-38-46-35(29-22-10-7-18(12-47)54(22,29,38)4)41-30(19-11-17(19)6-9-21-36(49)52-21)39-16(3)40-33-26-24-15(2)28(53-37(24)50)27(26)34(43-31)44-33/h6-7,9-12,14-15,17-18,20-22,24,28,42,45-46,48H,5,8,13H2,1-4H3,(H,39,40,41,43,44)/b9-6-. The molecule has 8 heterocycles. The lowest BCUT2D eigenvalue weighted by molar-refractivity contribution is -0.112. The maximum absolute atomic E-state index is 13.3. The molecule has 0 amide bonds. The first-order chi connectivity index (χ1) is 26.0. The molecule has 0 saturated carbocycles. The number of anilines is 1. The van der Waals surface area contributed by atoms with E-state index < -0.39 is 8.75 Å². The van der Waals surface area contributed by atoms with Gasteiger partial charge in [0.2, 0.25) is 5.12 Å². The highest BCUT2D eigenvalue weighted by molar-refractivity contribution is 8.58. The van der Waals surface area contributed by atoms with Crippen molar-refractivity contribution in [2.75, 3.05) is 17.5 Å². The van der Waals surface area contributed by atoms with Gasteiger partial charge in [-0.2, -0.15) is 8.75 Å². The summed E-state index contributed by atoms with van der Waals surface area (Å²) >= 11 is 4.24. The summed E-state index contributed by atoms with van der Waals surface area (Å²) in [5, 5.41) is 18.6. The summed E-state index contributed by atoms with van der Waals surface area (Å²) in [7, 11) is -2.73. The largest absolute Gasteiger partial charge is 0.386 e. The lowest BCUT2D eigenvalue weighted by Gasteiger charge is -2.32. The van der Waals surface area contributed by atoms with Crippen molar-refractivity contribution in [3.05, 3.63) is 79.9 Å². The zero-order valence-corrected chi connectivity index (χ0v) is 33.1. The number of nitrogens with one attached hydrogen (secondary N) is 4. The predicted molar refractivity (Wildman–Crippen MR) is 219 cm³/mol. The summed E-state index contributed by atoms with van der Waals surface area (Å²) in [6.45, 7) is 6.22. The number of hydrogen-bond acceptors (Lipinski definition) is 13. The molecule has 1 spiro atoms. The number of allylic oxidation sites excluding steroid dienone is 2. The van der Waals surface area contributed by atoms with E-state index in [0.29, 0.717) is 28.5 Å². The minimum Gasteiger partial charge on any atom is -0.386 e. The van der Waals surface area contributed by atoms with Gasteiger partial charge in [0.05, 0.1) is 22.4 Å². The summed E-state index contributed by atoms with van der Waals surface area (Å²) in [5.41, 5.74) is 6.37. The van der Waals surface area contributed by atoms with Crippen molar-refractivity contribution in [1.82, 2.24) is 15.3 Å². The van der Waals surface area contributed by atoms with Crippen LogP contribution in [0.25, 0.3) is 0 Å². The monoisotopic (exact) mass is 798 g/mol. The van der Waals surface area contributed by atoms with E-state index in [1.165, 1.54) is 35.3 Å². The van der Waals surface area contributed by atoms with Crippen molar-refractivity contribution in [3.8, 4) is 0 Å². The van der Waals surface area contributed by atoms with Crippen LogP contribution in [0.2, 0.25) is 0 Å². The van der Waals surface area contributed by atoms with Crippen molar-refractivity contribution in [1.29, 1.82) is 0 Å². The highest BCUT2D eigenvalue weighted by atomic mass is 32.3. The number of aromatic amines is 2. The lowest BCUT2D eigenvalue weighted by atomic mass is 9.85. The third kappa shape index (κ3) is 4.31. The maximum Gasteiger partial charge on any atom is 0.207 e. The Morgan fingerprint density at radius 3 is 2.56 bits per heavy atom. The zero-order valence-electron chi connectivity index (χ0n) is 29.9. The molecule has 5 N–H and O–H groups in total. The van der Waals surface area contributed by atoms with Crippen LogP contribution in [0, 0.1) is 11.8 Å². The molecule has 2 aromatic rings. The average molecular weight is 799 g/mol. The summed E-state index contributed by atoms with van der Waals surface area (Å²) in [4.78, 5) is 67.0. The average Bonchev–Trinajstić information content (AvgIpc) is 3.96. The van der Waals surface area contributed by atoms with E-state index in [-0.39, 0.29) is 66.1 Å². The summed E-state index contributed by atoms with van der Waals surface area (Å²) < 4.78 is 0. The van der Waals surface area contributed by atoms with Crippen molar-refractivity contribution < 1.29 is 19.5 Å². The Morgan fingerprint density at radius 1 is 0.963 bits per heavy atom. The molecule has 8 bridgehead atoms. The number of aliphatic hydroxyl groups is 1. The number of rotatable bonds is 6. The number of thioether (sulfide) groups is 3. The topological polar surface area (TPSA) is 177 Å². The molecule has 0 radical (unpaired) electrons. The molecule has 11 rings (SSSR count). The molecule has 9 unspecified atom stereocenters. The number of aromatic nitrogens is 2. The molecule has 278 valence electrons. The van der Waals surface area contributed by atoms with Gasteiger partial charge in [0.25, 0.3) is 0 Å². The Morgan fingerprint density at radius 2 is 1.78 bits per heavy atom. The van der Waals surface area contributed by atoms with Gasteiger partial charge in [0, 0.05) is 54.4 Å². The summed E-state index contributed by atoms with van der Waals surface area (Å²) in [5.74, 6) is 3.27. The van der Waals surface area contributed by atoms with Crippen LogP contribution < -0.4 is 21.6 Å². The molecule has 3 saturated heterocycles. The Kier molecular flexibility index (Phi) is 6.98. The Bertz CT molecular complexity index is 2610. The van der Waals surface area contributed by atoms with Gasteiger partial charge >= 0.3 is 0 Å². The summed E-state index contributed by atoms with van der Waals surface area (Å²) in [6.07, 6.45) is 15.5. The van der Waals surface area contributed by atoms with Crippen molar-refractivity contribution in [2.45, 2.75) is 71.7 Å². The normalized spacial score (nSPS) is 36.0. The molecular weight excluding hydrogens is 761 g/mol. The van der Waals surface area contributed by atoms with Crippen LogP contribution in [-0.2, 0) is 14.4 Å². The molecule has 2 aromatic heterocycles. The molecular formula is C38H38N8O4S4. The number of amidine groups is 2. The SMILES string of the molecule is CC1=NC(C2=CC2/C=C\C2SC2=O)=NC2=C3C4C=CC(C=O)S34(C)=C(N2)Nc2[nH]c(c3c2C(SCO)CCC3C)N=c2[nH]c(c3c2C2SC(=O)C3C2C)=N1. The van der Waals surface area contributed by atoms with Crippen molar-refractivity contribution in [3.63, 3.8) is 0 Å². The first-order valence-electron chi connectivity index (χ1n) is 18.3. The fourth-order valence-corrected chi connectivity index (χ4v) is 18.4. The molecule has 9 atom stereocenters. The number of nitrogens with zero attached hydrogens (tertiary/aromatic N) is 4. The van der Waals surface area contributed by atoms with Crippen LogP contribution in [0.3, 0.4) is 0 Å². The lowest BCUT2D eigenvalue weighted by Crippen LogP contribution is -2.34. The highest BCUT2D eigenvalue weighted by Gasteiger charge is 2.71. The number of fused-ring (bicyclic) bond motifs is 17. The first-order valence-corrected chi connectivity index (χ1v) is 23.7. The van der Waals surface area contributed by atoms with Crippen LogP contribution in [0.5, 0.6) is 0 Å². The van der Waals surface area contributed by atoms with Crippen LogP contribution in [0.15, 0.2) is 66.6 Å². The number of aliphatic hydroxyl groups excluding tert-OH is 1. The fourth-order valence-electron chi connectivity index (χ4n) is 9.94. The van der Waals surface area contributed by atoms with E-state index in [1.807, 2.05) is 25.2 Å². The van der Waals surface area contributed by atoms with Crippen LogP contribution in [0.4, 0.5) is 11.6 Å². The molecule has 6 aliphatic heterocycles. The van der Waals surface area contributed by atoms with Crippen molar-refractivity contribution >= 4 is 89.0 Å². The van der Waals surface area contributed by atoms with Gasteiger partial charge in [-0.05, 0) is 37.9 Å². The number of carbonyl (C=O) groups excluding carboxylic acids is 3. The Labute approximate surface area is 323 Å². The van der Waals surface area contributed by atoms with Crippen LogP contribution in [-0.4, -0.2) is 76.3 Å². The van der Waals surface area contributed by atoms with E-state index >= 15 is 0 Å². The first kappa shape index (κ1) is 33.6. The van der Waals surface area contributed by atoms with Gasteiger partial charge in [-0.3, -0.25) is 9.59 Å². The summed E-state index contributed by atoms with van der Waals surface area (Å²) in [6, 6.07) is 0. The van der Waals surface area contributed by atoms with Gasteiger partial charge < -0.3 is 30.5 Å². The maximum atomic E-state index is 13.3. The number of aliphatic imine (C=N–C) groups is 2. The highest BCUT2D eigenvalue weighted by Crippen LogP contribution is 2.92. The third-order valence-electron chi connectivity index (χ3n) is 12.9. The predicted octanol–water partition coefficient (Wildman–Crippen LogP) is 4.93. The molecule has 3 aliphatic carbocycles. The minimum atomic E-state index is -2.73. The smallest absolute Gasteiger partial charge is 0.207 e. The molecule has 54 heavy (non-hydrogen) atoms.